The maximum atomic E-state index is 13.1. The molecule has 13 heteroatoms. The van der Waals surface area contributed by atoms with Crippen molar-refractivity contribution in [3.05, 3.63) is 75.7 Å². The number of sulfonamides is 1. The number of halogens is 5. The Bertz CT molecular complexity index is 1300. The molecule has 1 aromatic carbocycles. The van der Waals surface area contributed by atoms with Gasteiger partial charge >= 0.3 is 6.18 Å². The van der Waals surface area contributed by atoms with E-state index in [1.165, 1.54) is 25.4 Å². The molecule has 168 valence electrons. The number of carbonyl (C=O) groups is 1. The first-order valence-corrected chi connectivity index (χ1v) is 10.8. The van der Waals surface area contributed by atoms with E-state index in [0.717, 1.165) is 24.4 Å². The minimum atomic E-state index is -4.88. The smallest absolute Gasteiger partial charge is 0.417 e. The number of ether oxygens (including phenoxy) is 1. The lowest BCUT2D eigenvalue weighted by molar-refractivity contribution is -0.137. The van der Waals surface area contributed by atoms with Gasteiger partial charge in [0, 0.05) is 12.4 Å². The summed E-state index contributed by atoms with van der Waals surface area (Å²) in [6.45, 7) is 0. The van der Waals surface area contributed by atoms with Crippen molar-refractivity contribution in [2.24, 2.45) is 0 Å². The Hall–Kier alpha value is -2.89. The SMILES string of the molecule is COc1ncccc1C(=O)c1ncc(Cl)cc1NS(=O)(=O)c1ccc(Cl)c(C(F)(F)F)c1. The highest BCUT2D eigenvalue weighted by Crippen LogP contribution is 2.36. The summed E-state index contributed by atoms with van der Waals surface area (Å²) in [5.74, 6) is -0.785. The predicted octanol–water partition coefficient (Wildman–Crippen LogP) is 4.84. The monoisotopic (exact) mass is 505 g/mol. The molecule has 0 saturated carbocycles. The molecule has 0 aliphatic carbocycles. The predicted molar refractivity (Wildman–Crippen MR) is 111 cm³/mol. The van der Waals surface area contributed by atoms with Gasteiger partial charge in [-0.2, -0.15) is 13.2 Å². The van der Waals surface area contributed by atoms with Crippen molar-refractivity contribution in [1.82, 2.24) is 9.97 Å². The van der Waals surface area contributed by atoms with Gasteiger partial charge in [0.1, 0.15) is 5.69 Å². The quantitative estimate of drug-likeness (QED) is 0.481. The van der Waals surface area contributed by atoms with Gasteiger partial charge in [-0.1, -0.05) is 23.2 Å². The van der Waals surface area contributed by atoms with Crippen LogP contribution in [0, 0.1) is 0 Å². The molecule has 7 nitrogen and oxygen atoms in total. The summed E-state index contributed by atoms with van der Waals surface area (Å²) in [7, 11) is -3.30. The van der Waals surface area contributed by atoms with Crippen LogP contribution >= 0.6 is 23.2 Å². The molecule has 3 rings (SSSR count). The van der Waals surface area contributed by atoms with Gasteiger partial charge in [-0.15, -0.1) is 0 Å². The van der Waals surface area contributed by atoms with Crippen molar-refractivity contribution in [3.63, 3.8) is 0 Å². The number of ketones is 1. The normalized spacial score (nSPS) is 11.8. The van der Waals surface area contributed by atoms with Gasteiger partial charge in [-0.3, -0.25) is 9.52 Å². The number of anilines is 1. The standard InChI is InChI=1S/C19H12Cl2F3N3O4S/c1-31-18-12(3-2-6-25-18)17(28)16-15(7-10(20)9-26-16)27-32(29,30)11-4-5-14(21)13(8-11)19(22,23)24/h2-9,27H,1H3. The van der Waals surface area contributed by atoms with E-state index < -0.39 is 37.5 Å². The third kappa shape index (κ3) is 4.95. The van der Waals surface area contributed by atoms with Gasteiger partial charge in [0.2, 0.25) is 11.7 Å². The summed E-state index contributed by atoms with van der Waals surface area (Å²) < 4.78 is 72.1. The zero-order chi connectivity index (χ0) is 23.7. The van der Waals surface area contributed by atoms with Crippen molar-refractivity contribution < 1.29 is 31.1 Å². The van der Waals surface area contributed by atoms with Gasteiger partial charge in [-0.05, 0) is 36.4 Å². The van der Waals surface area contributed by atoms with Crippen molar-refractivity contribution in [3.8, 4) is 5.88 Å². The van der Waals surface area contributed by atoms with Crippen LogP contribution in [0.15, 0.2) is 53.7 Å². The average molecular weight is 506 g/mol. The fraction of sp³-hybridized carbons (Fsp3) is 0.105. The average Bonchev–Trinajstić information content (AvgIpc) is 2.72. The molecule has 0 aliphatic rings. The first-order valence-electron chi connectivity index (χ1n) is 8.53. The second kappa shape index (κ2) is 8.93. The van der Waals surface area contributed by atoms with Crippen LogP contribution in [-0.4, -0.2) is 31.3 Å². The zero-order valence-corrected chi connectivity index (χ0v) is 18.3. The first-order chi connectivity index (χ1) is 14.9. The number of alkyl halides is 3. The van der Waals surface area contributed by atoms with Gasteiger partial charge in [0.25, 0.3) is 10.0 Å². The maximum absolute atomic E-state index is 13.1. The third-order valence-electron chi connectivity index (χ3n) is 4.08. The summed E-state index contributed by atoms with van der Waals surface area (Å²) in [6.07, 6.45) is -2.38. The van der Waals surface area contributed by atoms with E-state index in [0.29, 0.717) is 6.07 Å². The third-order valence-corrected chi connectivity index (χ3v) is 5.98. The second-order valence-corrected chi connectivity index (χ2v) is 8.71. The van der Waals surface area contributed by atoms with Gasteiger partial charge in [0.05, 0.1) is 38.9 Å². The lowest BCUT2D eigenvalue weighted by Gasteiger charge is -2.14. The Morgan fingerprint density at radius 2 is 1.84 bits per heavy atom. The van der Waals surface area contributed by atoms with Crippen LogP contribution in [0.3, 0.4) is 0 Å². The molecule has 0 spiro atoms. The Morgan fingerprint density at radius 1 is 1.12 bits per heavy atom. The molecular formula is C19H12Cl2F3N3O4S. The van der Waals surface area contributed by atoms with Crippen LogP contribution in [0.25, 0.3) is 0 Å². The van der Waals surface area contributed by atoms with Crippen LogP contribution < -0.4 is 9.46 Å². The van der Waals surface area contributed by atoms with E-state index in [2.05, 4.69) is 14.7 Å². The Morgan fingerprint density at radius 3 is 2.50 bits per heavy atom. The number of nitrogens with one attached hydrogen (secondary N) is 1. The van der Waals surface area contributed by atoms with Crippen molar-refractivity contribution in [2.45, 2.75) is 11.1 Å². The van der Waals surface area contributed by atoms with E-state index in [9.17, 15) is 26.4 Å². The number of carbonyl (C=O) groups excluding carboxylic acids is 1. The molecule has 0 radical (unpaired) electrons. The van der Waals surface area contributed by atoms with Crippen LogP contribution in [-0.2, 0) is 16.2 Å². The van der Waals surface area contributed by atoms with E-state index in [4.69, 9.17) is 27.9 Å². The van der Waals surface area contributed by atoms with Crippen molar-refractivity contribution >= 4 is 44.7 Å². The van der Waals surface area contributed by atoms with Crippen LogP contribution in [0.5, 0.6) is 5.88 Å². The molecule has 0 unspecified atom stereocenters. The summed E-state index contributed by atoms with van der Waals surface area (Å²) in [4.78, 5) is 20.0. The Labute approximate surface area is 190 Å². The minimum absolute atomic E-state index is 0.0175. The summed E-state index contributed by atoms with van der Waals surface area (Å²) in [6, 6.07) is 6.03. The summed E-state index contributed by atoms with van der Waals surface area (Å²) in [5, 5.41) is -0.690. The molecule has 32 heavy (non-hydrogen) atoms. The lowest BCUT2D eigenvalue weighted by Crippen LogP contribution is -2.18. The van der Waals surface area contributed by atoms with E-state index in [1.54, 1.807) is 0 Å². The molecule has 0 atom stereocenters. The molecule has 0 amide bonds. The molecule has 2 aromatic heterocycles. The highest BCUT2D eigenvalue weighted by molar-refractivity contribution is 7.92. The first kappa shape index (κ1) is 23.8. The fourth-order valence-corrected chi connectivity index (χ4v) is 4.11. The van der Waals surface area contributed by atoms with E-state index in [-0.39, 0.29) is 27.8 Å². The van der Waals surface area contributed by atoms with Crippen molar-refractivity contribution in [1.29, 1.82) is 0 Å². The minimum Gasteiger partial charge on any atom is -0.480 e. The summed E-state index contributed by atoms with van der Waals surface area (Å²) in [5.41, 5.74) is -2.06. The molecule has 1 N–H and O–H groups in total. The number of aromatic nitrogens is 2. The molecule has 0 aliphatic heterocycles. The van der Waals surface area contributed by atoms with E-state index >= 15 is 0 Å². The van der Waals surface area contributed by atoms with Crippen LogP contribution in [0.2, 0.25) is 10.0 Å². The maximum Gasteiger partial charge on any atom is 0.417 e. The Kier molecular flexibility index (Phi) is 6.63. The molecule has 2 heterocycles. The number of rotatable bonds is 6. The number of hydrogen-bond acceptors (Lipinski definition) is 6. The molecule has 3 aromatic rings. The highest BCUT2D eigenvalue weighted by Gasteiger charge is 2.35. The number of hydrogen-bond donors (Lipinski definition) is 1. The highest BCUT2D eigenvalue weighted by atomic mass is 35.5. The molecule has 0 saturated heterocycles. The number of benzene rings is 1. The van der Waals surface area contributed by atoms with Crippen molar-refractivity contribution in [2.75, 3.05) is 11.8 Å². The van der Waals surface area contributed by atoms with Gasteiger partial charge in [-0.25, -0.2) is 18.4 Å². The largest absolute Gasteiger partial charge is 0.480 e. The topological polar surface area (TPSA) is 98.2 Å². The van der Waals surface area contributed by atoms with Gasteiger partial charge < -0.3 is 4.74 Å². The van der Waals surface area contributed by atoms with E-state index in [1.807, 2.05) is 0 Å². The second-order valence-electron chi connectivity index (χ2n) is 6.18. The van der Waals surface area contributed by atoms with Crippen LogP contribution in [0.4, 0.5) is 18.9 Å². The molecule has 0 bridgehead atoms. The molecular weight excluding hydrogens is 494 g/mol. The Balaban J connectivity index is 2.07. The lowest BCUT2D eigenvalue weighted by atomic mass is 10.1. The fourth-order valence-electron chi connectivity index (χ4n) is 2.64. The molecule has 0 fully saturated rings. The van der Waals surface area contributed by atoms with Crippen LogP contribution in [0.1, 0.15) is 21.6 Å². The number of pyridine rings is 2. The zero-order valence-electron chi connectivity index (χ0n) is 15.9. The summed E-state index contributed by atoms with van der Waals surface area (Å²) >= 11 is 11.4. The van der Waals surface area contributed by atoms with Gasteiger partial charge in [0.15, 0.2) is 0 Å². The number of methoxy groups -OCH3 is 1. The number of nitrogens with zero attached hydrogens (tertiary/aromatic N) is 2.